The zero-order chi connectivity index (χ0) is 17.6. The normalized spacial score (nSPS) is 17.3. The highest BCUT2D eigenvalue weighted by Crippen LogP contribution is 2.26. The first-order valence-electron chi connectivity index (χ1n) is 9.26. The van der Waals surface area contributed by atoms with Gasteiger partial charge in [0.2, 0.25) is 0 Å². The lowest BCUT2D eigenvalue weighted by molar-refractivity contribution is 0.0276. The van der Waals surface area contributed by atoms with Gasteiger partial charge >= 0.3 is 6.03 Å². The highest BCUT2D eigenvalue weighted by molar-refractivity contribution is 5.74. The minimum atomic E-state index is -0.745. The first-order chi connectivity index (χ1) is 11.5. The number of aromatic nitrogens is 2. The summed E-state index contributed by atoms with van der Waals surface area (Å²) in [7, 11) is 1.95. The maximum atomic E-state index is 12.1. The molecule has 1 aromatic heterocycles. The van der Waals surface area contributed by atoms with Crippen LogP contribution in [-0.4, -0.2) is 33.1 Å². The fourth-order valence-electron chi connectivity index (χ4n) is 3.63. The topological polar surface area (TPSA) is 79.2 Å². The third-order valence-corrected chi connectivity index (χ3v) is 5.07. The molecular formula is C18H32N4O2. The van der Waals surface area contributed by atoms with Gasteiger partial charge in [0.15, 0.2) is 0 Å². The monoisotopic (exact) mass is 336 g/mol. The highest BCUT2D eigenvalue weighted by Gasteiger charge is 2.28. The molecule has 6 nitrogen and oxygen atoms in total. The SMILES string of the molecule is CCc1nn(C)c(CC)c1CNC(=O)NCC1(O)CCCCCC1. The van der Waals surface area contributed by atoms with E-state index >= 15 is 0 Å². The summed E-state index contributed by atoms with van der Waals surface area (Å²) in [6, 6.07) is -0.222. The van der Waals surface area contributed by atoms with E-state index in [0.29, 0.717) is 13.1 Å². The molecule has 0 saturated heterocycles. The molecule has 1 fully saturated rings. The van der Waals surface area contributed by atoms with Gasteiger partial charge in [-0.1, -0.05) is 39.5 Å². The molecule has 24 heavy (non-hydrogen) atoms. The van der Waals surface area contributed by atoms with Gasteiger partial charge in [-0.3, -0.25) is 4.68 Å². The number of carbonyl (C=O) groups is 1. The molecule has 0 atom stereocenters. The van der Waals surface area contributed by atoms with Crippen molar-refractivity contribution in [1.82, 2.24) is 20.4 Å². The van der Waals surface area contributed by atoms with E-state index in [1.807, 2.05) is 11.7 Å². The van der Waals surface area contributed by atoms with Gasteiger partial charge in [-0.2, -0.15) is 5.10 Å². The highest BCUT2D eigenvalue weighted by atomic mass is 16.3. The Bertz CT molecular complexity index is 545. The number of aryl methyl sites for hydroxylation is 2. The number of hydrogen-bond acceptors (Lipinski definition) is 3. The summed E-state index contributed by atoms with van der Waals surface area (Å²) in [6.07, 6.45) is 7.72. The quantitative estimate of drug-likeness (QED) is 0.698. The van der Waals surface area contributed by atoms with Gasteiger partial charge in [-0.25, -0.2) is 4.79 Å². The van der Waals surface area contributed by atoms with E-state index in [1.54, 1.807) is 0 Å². The molecule has 136 valence electrons. The molecule has 1 heterocycles. The third kappa shape index (κ3) is 4.72. The number of urea groups is 1. The summed E-state index contributed by atoms with van der Waals surface area (Å²) in [6.45, 7) is 4.98. The Balaban J connectivity index is 1.87. The van der Waals surface area contributed by atoms with Gasteiger partial charge in [-0.05, 0) is 25.7 Å². The Morgan fingerprint density at radius 3 is 2.42 bits per heavy atom. The van der Waals surface area contributed by atoms with Gasteiger partial charge in [0.25, 0.3) is 0 Å². The average Bonchev–Trinajstić information content (AvgIpc) is 2.72. The zero-order valence-electron chi connectivity index (χ0n) is 15.3. The van der Waals surface area contributed by atoms with Crippen LogP contribution in [0.2, 0.25) is 0 Å². The molecule has 1 aromatic rings. The molecule has 2 rings (SSSR count). The Morgan fingerprint density at radius 2 is 1.83 bits per heavy atom. The van der Waals surface area contributed by atoms with Crippen LogP contribution in [0.4, 0.5) is 4.79 Å². The lowest BCUT2D eigenvalue weighted by Crippen LogP contribution is -2.46. The molecule has 1 aliphatic carbocycles. The van der Waals surface area contributed by atoms with E-state index in [-0.39, 0.29) is 6.03 Å². The lowest BCUT2D eigenvalue weighted by atomic mass is 9.95. The molecule has 0 aliphatic heterocycles. The van der Waals surface area contributed by atoms with E-state index in [1.165, 1.54) is 12.8 Å². The predicted molar refractivity (Wildman–Crippen MR) is 94.9 cm³/mol. The standard InChI is InChI=1S/C18H32N4O2/c1-4-15-14(16(5-2)22(3)21-15)12-19-17(23)20-13-18(24)10-8-6-7-9-11-18/h24H,4-13H2,1-3H3,(H2,19,20,23). The molecule has 0 unspecified atom stereocenters. The molecule has 0 radical (unpaired) electrons. The van der Waals surface area contributed by atoms with Crippen LogP contribution in [0.15, 0.2) is 0 Å². The maximum Gasteiger partial charge on any atom is 0.315 e. The van der Waals surface area contributed by atoms with Crippen LogP contribution in [0.3, 0.4) is 0 Å². The molecule has 6 heteroatoms. The molecule has 0 aromatic carbocycles. The Hall–Kier alpha value is -1.56. The van der Waals surface area contributed by atoms with Gasteiger partial charge in [-0.15, -0.1) is 0 Å². The molecule has 1 saturated carbocycles. The van der Waals surface area contributed by atoms with Crippen LogP contribution in [0, 0.1) is 0 Å². The van der Waals surface area contributed by atoms with Crippen molar-refractivity contribution in [2.75, 3.05) is 6.54 Å². The van der Waals surface area contributed by atoms with Crippen molar-refractivity contribution in [1.29, 1.82) is 0 Å². The second kappa shape index (κ2) is 8.51. The third-order valence-electron chi connectivity index (χ3n) is 5.07. The zero-order valence-corrected chi connectivity index (χ0v) is 15.3. The van der Waals surface area contributed by atoms with Crippen LogP contribution in [-0.2, 0) is 26.4 Å². The van der Waals surface area contributed by atoms with E-state index in [4.69, 9.17) is 0 Å². The second-order valence-electron chi connectivity index (χ2n) is 6.88. The lowest BCUT2D eigenvalue weighted by Gasteiger charge is -2.26. The summed E-state index contributed by atoms with van der Waals surface area (Å²) in [5.41, 5.74) is 2.57. The Kier molecular flexibility index (Phi) is 6.66. The van der Waals surface area contributed by atoms with Crippen LogP contribution in [0.25, 0.3) is 0 Å². The Labute approximate surface area is 145 Å². The van der Waals surface area contributed by atoms with Crippen LogP contribution in [0.1, 0.15) is 69.3 Å². The number of rotatable bonds is 6. The van der Waals surface area contributed by atoms with E-state index in [9.17, 15) is 9.90 Å². The smallest absolute Gasteiger partial charge is 0.315 e. The van der Waals surface area contributed by atoms with E-state index in [2.05, 4.69) is 29.6 Å². The fraction of sp³-hybridized carbons (Fsp3) is 0.778. The first-order valence-corrected chi connectivity index (χ1v) is 9.26. The summed E-state index contributed by atoms with van der Waals surface area (Å²) in [4.78, 5) is 12.1. The molecule has 0 spiro atoms. The van der Waals surface area contributed by atoms with Crippen LogP contribution < -0.4 is 10.6 Å². The number of aliphatic hydroxyl groups is 1. The summed E-state index contributed by atoms with van der Waals surface area (Å²) in [5.74, 6) is 0. The number of hydrogen-bond donors (Lipinski definition) is 3. The Morgan fingerprint density at radius 1 is 1.17 bits per heavy atom. The number of nitrogens with one attached hydrogen (secondary N) is 2. The first kappa shape index (κ1) is 18.8. The minimum Gasteiger partial charge on any atom is -0.388 e. The number of nitrogens with zero attached hydrogens (tertiary/aromatic N) is 2. The van der Waals surface area contributed by atoms with Gasteiger partial charge in [0, 0.05) is 31.4 Å². The fourth-order valence-corrected chi connectivity index (χ4v) is 3.63. The molecule has 2 amide bonds. The van der Waals surface area contributed by atoms with Gasteiger partial charge in [0.1, 0.15) is 0 Å². The molecule has 1 aliphatic rings. The van der Waals surface area contributed by atoms with Crippen molar-refractivity contribution < 1.29 is 9.90 Å². The molecular weight excluding hydrogens is 304 g/mol. The largest absolute Gasteiger partial charge is 0.388 e. The number of amides is 2. The molecule has 0 bridgehead atoms. The van der Waals surface area contributed by atoms with Crippen LogP contribution in [0.5, 0.6) is 0 Å². The average molecular weight is 336 g/mol. The van der Waals surface area contributed by atoms with Crippen molar-refractivity contribution in [2.24, 2.45) is 7.05 Å². The van der Waals surface area contributed by atoms with Gasteiger partial charge in [0.05, 0.1) is 11.3 Å². The minimum absolute atomic E-state index is 0.222. The summed E-state index contributed by atoms with van der Waals surface area (Å²) < 4.78 is 1.90. The molecule has 3 N–H and O–H groups in total. The van der Waals surface area contributed by atoms with Crippen molar-refractivity contribution in [3.05, 3.63) is 17.0 Å². The predicted octanol–water partition coefficient (Wildman–Crippen LogP) is 2.43. The second-order valence-corrected chi connectivity index (χ2v) is 6.88. The summed E-state index contributed by atoms with van der Waals surface area (Å²) >= 11 is 0. The van der Waals surface area contributed by atoms with Crippen molar-refractivity contribution in [3.63, 3.8) is 0 Å². The van der Waals surface area contributed by atoms with Crippen molar-refractivity contribution in [3.8, 4) is 0 Å². The maximum absolute atomic E-state index is 12.1. The van der Waals surface area contributed by atoms with Crippen LogP contribution >= 0.6 is 0 Å². The van der Waals surface area contributed by atoms with Crippen molar-refractivity contribution in [2.45, 2.75) is 77.4 Å². The van der Waals surface area contributed by atoms with E-state index in [0.717, 1.165) is 55.5 Å². The summed E-state index contributed by atoms with van der Waals surface area (Å²) in [5, 5.41) is 20.9. The van der Waals surface area contributed by atoms with E-state index < -0.39 is 5.60 Å². The number of carbonyl (C=O) groups excluding carboxylic acids is 1. The van der Waals surface area contributed by atoms with Gasteiger partial charge < -0.3 is 15.7 Å². The van der Waals surface area contributed by atoms with Crippen molar-refractivity contribution >= 4 is 6.03 Å².